The Balaban J connectivity index is 1.64. The lowest BCUT2D eigenvalue weighted by molar-refractivity contribution is -0.384. The molecule has 9 heteroatoms. The number of hydrogen-bond donors (Lipinski definition) is 1. The van der Waals surface area contributed by atoms with E-state index in [0.29, 0.717) is 18.7 Å². The van der Waals surface area contributed by atoms with Crippen molar-refractivity contribution in [3.8, 4) is 0 Å². The molecule has 26 heavy (non-hydrogen) atoms. The molecule has 0 spiro atoms. The van der Waals surface area contributed by atoms with Crippen LogP contribution in [0.1, 0.15) is 12.0 Å². The largest absolute Gasteiger partial charge is 0.312 e. The molecule has 1 aliphatic rings. The minimum Gasteiger partial charge on any atom is -0.312 e. The molecule has 3 rings (SSSR count). The summed E-state index contributed by atoms with van der Waals surface area (Å²) in [6, 6.07) is 12.3. The minimum absolute atomic E-state index is 0.0335. The van der Waals surface area contributed by atoms with Crippen molar-refractivity contribution in [2.45, 2.75) is 17.7 Å². The number of nitro benzene ring substituents is 1. The van der Waals surface area contributed by atoms with Gasteiger partial charge in [-0.2, -0.15) is 0 Å². The maximum Gasteiger partial charge on any atom is 0.271 e. The number of rotatable bonds is 6. The number of nitrogens with zero attached hydrogens (tertiary/aromatic N) is 2. The van der Waals surface area contributed by atoms with E-state index in [0.717, 1.165) is 5.56 Å². The molecule has 0 saturated heterocycles. The summed E-state index contributed by atoms with van der Waals surface area (Å²) in [7, 11) is -3.67. The molecule has 1 N–H and O–H groups in total. The first-order valence-corrected chi connectivity index (χ1v) is 9.49. The number of nitro groups is 1. The number of carbonyl (C=O) groups is 1. The zero-order valence-electron chi connectivity index (χ0n) is 13.8. The second-order valence-corrected chi connectivity index (χ2v) is 7.59. The number of fused-ring (bicyclic) bond motifs is 1. The van der Waals surface area contributed by atoms with E-state index in [-0.39, 0.29) is 29.5 Å². The molecule has 2 aromatic carbocycles. The summed E-state index contributed by atoms with van der Waals surface area (Å²) in [5, 5.41) is 10.9. The van der Waals surface area contributed by atoms with Crippen molar-refractivity contribution >= 4 is 27.3 Å². The lowest BCUT2D eigenvalue weighted by atomic mass is 10.1. The lowest BCUT2D eigenvalue weighted by Crippen LogP contribution is -2.33. The Kier molecular flexibility index (Phi) is 5.01. The van der Waals surface area contributed by atoms with Gasteiger partial charge in [0.05, 0.1) is 15.5 Å². The smallest absolute Gasteiger partial charge is 0.271 e. The van der Waals surface area contributed by atoms with Crippen LogP contribution in [0.25, 0.3) is 0 Å². The summed E-state index contributed by atoms with van der Waals surface area (Å²) in [6.07, 6.45) is 0.586. The quantitative estimate of drug-likeness (QED) is 0.612. The molecule has 1 heterocycles. The predicted molar refractivity (Wildman–Crippen MR) is 95.4 cm³/mol. The fourth-order valence-corrected chi connectivity index (χ4v) is 3.90. The normalized spacial score (nSPS) is 13.5. The van der Waals surface area contributed by atoms with Gasteiger partial charge in [-0.25, -0.2) is 13.1 Å². The highest BCUT2D eigenvalue weighted by molar-refractivity contribution is 7.89. The number of non-ortho nitro benzene ring substituents is 1. The Morgan fingerprint density at radius 3 is 2.62 bits per heavy atom. The van der Waals surface area contributed by atoms with Gasteiger partial charge in [0.1, 0.15) is 0 Å². The number of nitrogens with one attached hydrogen (secondary N) is 1. The van der Waals surface area contributed by atoms with Crippen LogP contribution in [0.15, 0.2) is 53.4 Å². The summed E-state index contributed by atoms with van der Waals surface area (Å²) in [4.78, 5) is 24.5. The van der Waals surface area contributed by atoms with Gasteiger partial charge in [-0.15, -0.1) is 0 Å². The van der Waals surface area contributed by atoms with E-state index >= 15 is 0 Å². The van der Waals surface area contributed by atoms with E-state index in [2.05, 4.69) is 4.72 Å². The maximum absolute atomic E-state index is 12.4. The third kappa shape index (κ3) is 3.73. The molecule has 8 nitrogen and oxygen atoms in total. The Hall–Kier alpha value is -2.78. The highest BCUT2D eigenvalue weighted by Gasteiger charge is 2.26. The zero-order valence-corrected chi connectivity index (χ0v) is 14.6. The molecular weight excluding hydrogens is 358 g/mol. The summed E-state index contributed by atoms with van der Waals surface area (Å²) in [6.45, 7) is 0.386. The third-order valence-corrected chi connectivity index (χ3v) is 5.64. The van der Waals surface area contributed by atoms with Crippen LogP contribution >= 0.6 is 0 Å². The standard InChI is InChI=1S/C17H17N3O5S/c21-17(8-10-18-26(24,25)15-4-2-1-3-5-15)19-11-9-13-6-7-14(20(22)23)12-16(13)19/h1-7,12,18H,8-11H2. The van der Waals surface area contributed by atoms with Gasteiger partial charge in [-0.05, 0) is 24.1 Å². The van der Waals surface area contributed by atoms with Crippen molar-refractivity contribution in [3.05, 3.63) is 64.2 Å². The Morgan fingerprint density at radius 1 is 1.19 bits per heavy atom. The van der Waals surface area contributed by atoms with E-state index in [1.165, 1.54) is 29.2 Å². The van der Waals surface area contributed by atoms with Gasteiger partial charge >= 0.3 is 0 Å². The van der Waals surface area contributed by atoms with Gasteiger partial charge in [-0.1, -0.05) is 24.3 Å². The molecule has 0 saturated carbocycles. The first-order chi connectivity index (χ1) is 12.4. The lowest BCUT2D eigenvalue weighted by Gasteiger charge is -2.17. The van der Waals surface area contributed by atoms with Crippen LogP contribution < -0.4 is 9.62 Å². The number of hydrogen-bond acceptors (Lipinski definition) is 5. The number of benzene rings is 2. The highest BCUT2D eigenvalue weighted by atomic mass is 32.2. The molecule has 0 aliphatic carbocycles. The maximum atomic E-state index is 12.4. The van der Waals surface area contributed by atoms with E-state index in [9.17, 15) is 23.3 Å². The topological polar surface area (TPSA) is 110 Å². The molecule has 1 amide bonds. The molecular formula is C17H17N3O5S. The first-order valence-electron chi connectivity index (χ1n) is 8.01. The molecule has 1 aliphatic heterocycles. The van der Waals surface area contributed by atoms with Crippen LogP contribution in [-0.4, -0.2) is 32.3 Å². The molecule has 0 fully saturated rings. The molecule has 0 bridgehead atoms. The van der Waals surface area contributed by atoms with Crippen LogP contribution in [0.2, 0.25) is 0 Å². The fourth-order valence-electron chi connectivity index (χ4n) is 2.85. The van der Waals surface area contributed by atoms with Crippen molar-refractivity contribution in [2.75, 3.05) is 18.0 Å². The second kappa shape index (κ2) is 7.22. The summed E-state index contributed by atoms with van der Waals surface area (Å²) < 4.78 is 26.7. The van der Waals surface area contributed by atoms with Crippen molar-refractivity contribution in [1.82, 2.24) is 4.72 Å². The molecule has 0 aromatic heterocycles. The van der Waals surface area contributed by atoms with Crippen molar-refractivity contribution in [3.63, 3.8) is 0 Å². The summed E-state index contributed by atoms with van der Waals surface area (Å²) >= 11 is 0. The van der Waals surface area contributed by atoms with E-state index in [1.807, 2.05) is 0 Å². The fraction of sp³-hybridized carbons (Fsp3) is 0.235. The number of anilines is 1. The van der Waals surface area contributed by atoms with Gasteiger partial charge in [0, 0.05) is 31.6 Å². The molecule has 2 aromatic rings. The zero-order chi connectivity index (χ0) is 18.7. The number of carbonyl (C=O) groups excluding carboxylic acids is 1. The number of sulfonamides is 1. The van der Waals surface area contributed by atoms with Gasteiger partial charge in [0.15, 0.2) is 0 Å². The summed E-state index contributed by atoms with van der Waals surface area (Å²) in [5.41, 5.74) is 1.32. The third-order valence-electron chi connectivity index (χ3n) is 4.16. The second-order valence-electron chi connectivity index (χ2n) is 5.83. The van der Waals surface area contributed by atoms with Gasteiger partial charge < -0.3 is 4.90 Å². The predicted octanol–water partition coefficient (Wildman–Crippen LogP) is 1.85. The van der Waals surface area contributed by atoms with Gasteiger partial charge in [-0.3, -0.25) is 14.9 Å². The minimum atomic E-state index is -3.67. The van der Waals surface area contributed by atoms with Gasteiger partial charge in [0.2, 0.25) is 15.9 Å². The van der Waals surface area contributed by atoms with E-state index < -0.39 is 14.9 Å². The van der Waals surface area contributed by atoms with Gasteiger partial charge in [0.25, 0.3) is 5.69 Å². The highest BCUT2D eigenvalue weighted by Crippen LogP contribution is 2.32. The Labute approximate surface area is 150 Å². The van der Waals surface area contributed by atoms with Crippen LogP contribution in [0.3, 0.4) is 0 Å². The van der Waals surface area contributed by atoms with Crippen LogP contribution in [0.4, 0.5) is 11.4 Å². The summed E-state index contributed by atoms with van der Waals surface area (Å²) in [5.74, 6) is -0.278. The molecule has 0 unspecified atom stereocenters. The first kappa shape index (κ1) is 18.0. The molecule has 136 valence electrons. The van der Waals surface area contributed by atoms with Crippen molar-refractivity contribution < 1.29 is 18.1 Å². The average molecular weight is 375 g/mol. The molecule has 0 atom stereocenters. The molecule has 0 radical (unpaired) electrons. The van der Waals surface area contributed by atoms with Crippen LogP contribution in [0, 0.1) is 10.1 Å². The van der Waals surface area contributed by atoms with Crippen LogP contribution in [0.5, 0.6) is 0 Å². The number of amides is 1. The van der Waals surface area contributed by atoms with Crippen molar-refractivity contribution in [1.29, 1.82) is 0 Å². The monoisotopic (exact) mass is 375 g/mol. The SMILES string of the molecule is O=C(CCNS(=O)(=O)c1ccccc1)N1CCc2ccc([N+](=O)[O-])cc21. The van der Waals surface area contributed by atoms with E-state index in [4.69, 9.17) is 0 Å². The Bertz CT molecular complexity index is 944. The Morgan fingerprint density at radius 2 is 1.92 bits per heavy atom. The van der Waals surface area contributed by atoms with E-state index in [1.54, 1.807) is 24.3 Å². The van der Waals surface area contributed by atoms with Crippen LogP contribution in [-0.2, 0) is 21.2 Å². The average Bonchev–Trinajstić information content (AvgIpc) is 3.05. The van der Waals surface area contributed by atoms with Crippen molar-refractivity contribution in [2.24, 2.45) is 0 Å².